The van der Waals surface area contributed by atoms with Crippen LogP contribution in [0.15, 0.2) is 66.4 Å². The third-order valence-corrected chi connectivity index (χ3v) is 21.3. The number of ketones is 1. The molecule has 74 heavy (non-hydrogen) atoms. The van der Waals surface area contributed by atoms with Crippen molar-refractivity contribution in [3.8, 4) is 11.1 Å². The van der Waals surface area contributed by atoms with Crippen LogP contribution < -0.4 is 5.73 Å². The average molecular weight is 1090 g/mol. The maximum Gasteiger partial charge on any atom is 0.485 e. The molecule has 3 aromatic carbocycles. The Bertz CT molecular complexity index is 2970. The average Bonchev–Trinajstić information content (AvgIpc) is 3.71. The van der Waals surface area contributed by atoms with Crippen LogP contribution in [0.25, 0.3) is 16.7 Å². The molecule has 0 aromatic heterocycles. The second-order valence-electron chi connectivity index (χ2n) is 21.3. The van der Waals surface area contributed by atoms with Gasteiger partial charge < -0.3 is 37.9 Å². The number of hydrogen-bond donors (Lipinski definition) is 1. The standard InChI is InChI=1S/C45H54N5O8Si.C3H8O3S.CHF3O3S/c1-27-38(31-11-15-34-35(23-31)33-14-10-30(22-36(33)42(34)52)24-49-16-19-50(20-17-49,21-18-49)25-37(46)51)41(44(54)57-26-29-8-12-32(13-9-29)48(55)56)47-40(27)39(43(47)53)28(2)58-59(6,7)45(3,4)5;1-2-3-7(4,5)6;2-1(3,4)8(5,6)7/h8-15,22-23,27-28,39-40H,16-21,24-26H2,1-7H3,(H-,46,51);2-3H2,1H3,(H,4,5,6);(H,5,6,7)/q+1;;/p-1/t27-,28+,39+,40+,49?,50?;;/m0../s1. The largest absolute Gasteiger partial charge is 0.748 e. The number of alkyl halides is 3. The van der Waals surface area contributed by atoms with Gasteiger partial charge in [0.15, 0.2) is 30.8 Å². The number of esters is 1. The molecule has 4 saturated heterocycles. The summed E-state index contributed by atoms with van der Waals surface area (Å²) in [4.78, 5) is 66.5. The zero-order valence-corrected chi connectivity index (χ0v) is 45.0. The Labute approximate surface area is 429 Å². The molecule has 5 heterocycles. The first-order chi connectivity index (χ1) is 34.0. The number of β-lactam (4-membered cyclic amide) rings is 1. The second kappa shape index (κ2) is 21.0. The Morgan fingerprint density at radius 3 is 1.89 bits per heavy atom. The van der Waals surface area contributed by atoms with E-state index in [4.69, 9.17) is 27.9 Å². The highest BCUT2D eigenvalue weighted by molar-refractivity contribution is 7.86. The molecule has 3 aromatic rings. The molecule has 2 amide bonds. The van der Waals surface area contributed by atoms with Gasteiger partial charge >= 0.3 is 11.5 Å². The summed E-state index contributed by atoms with van der Waals surface area (Å²) in [7, 11) is -12.3. The lowest BCUT2D eigenvalue weighted by Crippen LogP contribution is -2.75. The molecule has 0 saturated carbocycles. The summed E-state index contributed by atoms with van der Waals surface area (Å²) in [5.41, 5.74) is 6.04. The number of nitrogens with two attached hydrogens (primary N) is 1. The van der Waals surface area contributed by atoms with Crippen LogP contribution in [0.4, 0.5) is 18.9 Å². The molecule has 0 radical (unpaired) electrons. The summed E-state index contributed by atoms with van der Waals surface area (Å²) in [6, 6.07) is 17.4. The number of carbonyl (C=O) groups excluding carboxylic acids is 4. The fraction of sp³-hybridized carbons (Fsp3) is 0.510. The van der Waals surface area contributed by atoms with Crippen molar-refractivity contribution in [3.63, 3.8) is 0 Å². The molecule has 6 aliphatic rings. The summed E-state index contributed by atoms with van der Waals surface area (Å²) >= 11 is 0. The quantitative estimate of drug-likeness (QED) is 0.0229. The van der Waals surface area contributed by atoms with Crippen LogP contribution in [0, 0.1) is 22.0 Å². The van der Waals surface area contributed by atoms with Gasteiger partial charge in [-0.1, -0.05) is 52.8 Å². The van der Waals surface area contributed by atoms with Gasteiger partial charge in [0.25, 0.3) is 11.6 Å². The van der Waals surface area contributed by atoms with Crippen LogP contribution in [0.5, 0.6) is 0 Å². The molecule has 1 aliphatic carbocycles. The van der Waals surface area contributed by atoms with Gasteiger partial charge in [-0.15, -0.1) is 0 Å². The maximum absolute atomic E-state index is 14.2. The number of carbonyl (C=O) groups is 4. The molecular formula is C49H62F3N5O14S2Si. The summed E-state index contributed by atoms with van der Waals surface area (Å²) in [6.45, 7) is 23.2. The van der Waals surface area contributed by atoms with Crippen molar-refractivity contribution >= 4 is 63.4 Å². The number of hydrogen-bond acceptors (Lipinski definition) is 14. The lowest BCUT2D eigenvalue weighted by Gasteiger charge is -2.55. The summed E-state index contributed by atoms with van der Waals surface area (Å²) < 4.78 is 102. The minimum Gasteiger partial charge on any atom is -0.748 e. The van der Waals surface area contributed by atoms with Gasteiger partial charge in [-0.3, -0.25) is 24.5 Å². The number of quaternary nitrogens is 2. The molecular weight excluding hydrogens is 1030 g/mol. The highest BCUT2D eigenvalue weighted by Gasteiger charge is 2.61. The Hall–Kier alpha value is -5.41. The van der Waals surface area contributed by atoms with Crippen LogP contribution in [-0.2, 0) is 56.9 Å². The molecule has 19 nitrogen and oxygen atoms in total. The first-order valence-electron chi connectivity index (χ1n) is 24.0. The van der Waals surface area contributed by atoms with E-state index in [9.17, 15) is 55.4 Å². The van der Waals surface area contributed by atoms with Crippen LogP contribution in [0.2, 0.25) is 18.1 Å². The minimum atomic E-state index is -6.09. The monoisotopic (exact) mass is 1090 g/mol. The van der Waals surface area contributed by atoms with E-state index in [1.807, 2.05) is 44.2 Å². The third kappa shape index (κ3) is 12.1. The number of benzene rings is 3. The van der Waals surface area contributed by atoms with E-state index in [0.717, 1.165) is 77.0 Å². The Balaban J connectivity index is 0.000000519. The Morgan fingerprint density at radius 1 is 0.865 bits per heavy atom. The van der Waals surface area contributed by atoms with Gasteiger partial charge in [0, 0.05) is 40.5 Å². The van der Waals surface area contributed by atoms with Crippen molar-refractivity contribution in [2.45, 2.75) is 96.9 Å². The zero-order valence-electron chi connectivity index (χ0n) is 42.4. The van der Waals surface area contributed by atoms with E-state index in [1.54, 1.807) is 24.0 Å². The van der Waals surface area contributed by atoms with E-state index in [2.05, 4.69) is 39.9 Å². The predicted molar refractivity (Wildman–Crippen MR) is 264 cm³/mol. The van der Waals surface area contributed by atoms with E-state index >= 15 is 0 Å². The number of non-ortho nitro benzene ring substituents is 1. The Morgan fingerprint density at radius 2 is 1.41 bits per heavy atom. The smallest absolute Gasteiger partial charge is 0.485 e. The number of halogens is 3. The lowest BCUT2D eigenvalue weighted by atomic mass is 9.76. The van der Waals surface area contributed by atoms with Gasteiger partial charge in [-0.2, -0.15) is 13.2 Å². The van der Waals surface area contributed by atoms with Gasteiger partial charge in [0.05, 0.1) is 33.1 Å². The van der Waals surface area contributed by atoms with Gasteiger partial charge in [-0.05, 0) is 89.6 Å². The summed E-state index contributed by atoms with van der Waals surface area (Å²) in [5, 5.41) is 11.1. The number of nitro groups is 1. The number of primary amides is 1. The SMILES string of the molecule is CCCS(=O)(=O)[O-].C[C@@H](O[Si](C)(C)C(C)(C)C)[C@H]1C(=O)N2C(C(=O)OCc3ccc([N+](=O)[O-])cc3)=C(c3ccc4c(c3)-c3ccc(C[N+]56CC[N+](CC(N)=O)(CC5)CC6)cc3C4=O)[C@H](C)[C@H]12.O=S(=O)([O-])C(F)(F)F. The first-order valence-corrected chi connectivity index (χ1v) is 29.9. The van der Waals surface area contributed by atoms with Gasteiger partial charge in [-0.25, -0.2) is 21.6 Å². The second-order valence-corrected chi connectivity index (χ2v) is 28.9. The number of nitrogens with zero attached hydrogens (tertiary/aromatic N) is 4. The lowest BCUT2D eigenvalue weighted by molar-refractivity contribution is -1.08. The number of rotatable bonds is 14. The number of piperazine rings is 3. The van der Waals surface area contributed by atoms with Crippen LogP contribution in [0.1, 0.15) is 80.6 Å². The summed E-state index contributed by atoms with van der Waals surface area (Å²) in [5.74, 6) is -2.10. The minimum absolute atomic E-state index is 0.0373. The molecule has 4 atom stereocenters. The summed E-state index contributed by atoms with van der Waals surface area (Å²) in [6.07, 6.45) is 0.0333. The molecule has 9 rings (SSSR count). The van der Waals surface area contributed by atoms with Crippen molar-refractivity contribution < 1.29 is 81.3 Å². The van der Waals surface area contributed by atoms with E-state index in [1.165, 1.54) is 12.1 Å². The predicted octanol–water partition coefficient (Wildman–Crippen LogP) is 5.79. The number of nitro benzene ring substituents is 1. The van der Waals surface area contributed by atoms with Gasteiger partial charge in [0.2, 0.25) is 5.91 Å². The third-order valence-electron chi connectivity index (χ3n) is 15.2. The highest BCUT2D eigenvalue weighted by Crippen LogP contribution is 2.53. The highest BCUT2D eigenvalue weighted by atomic mass is 32.2. The molecule has 404 valence electrons. The Kier molecular flexibility index (Phi) is 16.4. The number of ether oxygens (including phenoxy) is 1. The van der Waals surface area contributed by atoms with Crippen molar-refractivity contribution in [2.24, 2.45) is 17.6 Å². The van der Waals surface area contributed by atoms with E-state index in [0.29, 0.717) is 35.2 Å². The normalized spacial score (nSPS) is 23.6. The first kappa shape index (κ1) is 57.9. The van der Waals surface area contributed by atoms with E-state index < -0.39 is 50.9 Å². The van der Waals surface area contributed by atoms with Crippen LogP contribution >= 0.6 is 0 Å². The topological polar surface area (TPSA) is 274 Å². The number of amides is 2. The molecule has 2 N–H and O–H groups in total. The van der Waals surface area contributed by atoms with E-state index in [-0.39, 0.29) is 64.4 Å². The van der Waals surface area contributed by atoms with Crippen molar-refractivity contribution in [1.82, 2.24) is 4.90 Å². The van der Waals surface area contributed by atoms with Gasteiger partial charge in [0.1, 0.15) is 58.1 Å². The molecule has 0 unspecified atom stereocenters. The molecule has 0 spiro atoms. The maximum atomic E-state index is 14.2. The van der Waals surface area contributed by atoms with Crippen molar-refractivity contribution in [1.29, 1.82) is 0 Å². The number of fused-ring (bicyclic) bond motifs is 7. The molecule has 4 fully saturated rings. The van der Waals surface area contributed by atoms with Crippen LogP contribution in [0.3, 0.4) is 0 Å². The zero-order chi connectivity index (χ0) is 55.3. The van der Waals surface area contributed by atoms with Crippen molar-refractivity contribution in [2.75, 3.05) is 51.6 Å². The van der Waals surface area contributed by atoms with Crippen molar-refractivity contribution in [3.05, 3.63) is 104 Å². The fourth-order valence-electron chi connectivity index (χ4n) is 10.4. The molecule has 2 bridgehead atoms. The van der Waals surface area contributed by atoms with Crippen LogP contribution in [-0.4, -0.2) is 146 Å². The molecule has 25 heteroatoms. The molecule has 5 aliphatic heterocycles. The fourth-order valence-corrected chi connectivity index (χ4v) is 12.3.